The molecule has 1 unspecified atom stereocenters. The molecule has 1 aliphatic rings. The average molecular weight is 212 g/mol. The lowest BCUT2D eigenvalue weighted by atomic mass is 10.2. The van der Waals surface area contributed by atoms with Gasteiger partial charge in [0.25, 0.3) is 0 Å². The van der Waals surface area contributed by atoms with Gasteiger partial charge >= 0.3 is 0 Å². The molecular formula is C12H24N2O. The maximum Gasteiger partial charge on any atom is 0.234 e. The van der Waals surface area contributed by atoms with Crippen LogP contribution in [0.4, 0.5) is 0 Å². The lowest BCUT2D eigenvalue weighted by Gasteiger charge is -2.17. The normalized spacial score (nSPS) is 17.9. The van der Waals surface area contributed by atoms with Gasteiger partial charge in [0.05, 0.1) is 6.54 Å². The van der Waals surface area contributed by atoms with Crippen LogP contribution in [0.2, 0.25) is 0 Å². The fraction of sp³-hybridized carbons (Fsp3) is 0.917. The largest absolute Gasteiger partial charge is 0.352 e. The highest BCUT2D eigenvalue weighted by Crippen LogP contribution is 2.32. The van der Waals surface area contributed by atoms with Crippen molar-refractivity contribution in [1.29, 1.82) is 0 Å². The monoisotopic (exact) mass is 212 g/mol. The van der Waals surface area contributed by atoms with Crippen LogP contribution in [0.25, 0.3) is 0 Å². The molecule has 15 heavy (non-hydrogen) atoms. The van der Waals surface area contributed by atoms with Crippen LogP contribution < -0.4 is 10.6 Å². The Balaban J connectivity index is 2.11. The molecule has 0 heterocycles. The second-order valence-corrected chi connectivity index (χ2v) is 4.59. The van der Waals surface area contributed by atoms with Gasteiger partial charge in [-0.1, -0.05) is 13.8 Å². The van der Waals surface area contributed by atoms with Gasteiger partial charge in [0.15, 0.2) is 0 Å². The Kier molecular flexibility index (Phi) is 5.09. The summed E-state index contributed by atoms with van der Waals surface area (Å²) in [6.45, 7) is 6.85. The zero-order valence-corrected chi connectivity index (χ0v) is 10.2. The molecule has 1 atom stereocenters. The first kappa shape index (κ1) is 12.5. The number of hydrogen-bond donors (Lipinski definition) is 2. The molecule has 88 valence electrons. The van der Waals surface area contributed by atoms with Gasteiger partial charge < -0.3 is 10.6 Å². The molecule has 0 aromatic heterocycles. The first-order valence-electron chi connectivity index (χ1n) is 6.20. The molecule has 3 nitrogen and oxygen atoms in total. The summed E-state index contributed by atoms with van der Waals surface area (Å²) in [5, 5.41) is 6.32. The molecule has 0 aromatic carbocycles. The number of rotatable bonds is 7. The molecule has 0 bridgehead atoms. The van der Waals surface area contributed by atoms with E-state index in [0.717, 1.165) is 18.8 Å². The Morgan fingerprint density at radius 3 is 2.40 bits per heavy atom. The summed E-state index contributed by atoms with van der Waals surface area (Å²) in [7, 11) is 0. The van der Waals surface area contributed by atoms with Gasteiger partial charge in [-0.15, -0.1) is 0 Å². The number of hydrogen-bond acceptors (Lipinski definition) is 2. The Morgan fingerprint density at radius 2 is 1.93 bits per heavy atom. The van der Waals surface area contributed by atoms with Gasteiger partial charge in [-0.2, -0.15) is 0 Å². The molecule has 1 fully saturated rings. The molecule has 1 aliphatic carbocycles. The fourth-order valence-electron chi connectivity index (χ4n) is 1.79. The Hall–Kier alpha value is -0.570. The van der Waals surface area contributed by atoms with E-state index in [9.17, 15) is 4.79 Å². The third-order valence-corrected chi connectivity index (χ3v) is 3.26. The highest BCUT2D eigenvalue weighted by molar-refractivity contribution is 5.78. The van der Waals surface area contributed by atoms with Gasteiger partial charge in [0.2, 0.25) is 5.91 Å². The lowest BCUT2D eigenvalue weighted by Crippen LogP contribution is -2.42. The smallest absolute Gasteiger partial charge is 0.234 e. The van der Waals surface area contributed by atoms with Gasteiger partial charge in [-0.05, 0) is 38.5 Å². The highest BCUT2D eigenvalue weighted by atomic mass is 16.1. The molecule has 0 aliphatic heterocycles. The van der Waals surface area contributed by atoms with E-state index in [4.69, 9.17) is 0 Å². The van der Waals surface area contributed by atoms with Crippen molar-refractivity contribution < 1.29 is 4.79 Å². The Bertz CT molecular complexity index is 198. The summed E-state index contributed by atoms with van der Waals surface area (Å²) in [6.07, 6.45) is 4.67. The van der Waals surface area contributed by atoms with Crippen LogP contribution in [-0.2, 0) is 4.79 Å². The lowest BCUT2D eigenvalue weighted by molar-refractivity contribution is -0.121. The molecule has 0 radical (unpaired) electrons. The number of carbonyl (C=O) groups is 1. The fourth-order valence-corrected chi connectivity index (χ4v) is 1.79. The minimum Gasteiger partial charge on any atom is -0.352 e. The number of carbonyl (C=O) groups excluding carboxylic acids is 1. The quantitative estimate of drug-likeness (QED) is 0.674. The maximum atomic E-state index is 11.5. The zero-order valence-electron chi connectivity index (χ0n) is 10.2. The van der Waals surface area contributed by atoms with Crippen LogP contribution in [0.5, 0.6) is 0 Å². The second kappa shape index (κ2) is 6.11. The van der Waals surface area contributed by atoms with Crippen LogP contribution in [0, 0.1) is 5.92 Å². The van der Waals surface area contributed by atoms with E-state index in [1.165, 1.54) is 12.8 Å². The number of nitrogens with one attached hydrogen (secondary N) is 2. The predicted molar refractivity (Wildman–Crippen MR) is 62.7 cm³/mol. The molecule has 2 N–H and O–H groups in total. The minimum absolute atomic E-state index is 0.135. The maximum absolute atomic E-state index is 11.5. The van der Waals surface area contributed by atoms with Crippen molar-refractivity contribution in [2.45, 2.75) is 58.5 Å². The second-order valence-electron chi connectivity index (χ2n) is 4.59. The molecule has 0 spiro atoms. The predicted octanol–water partition coefficient (Wildman–Crippen LogP) is 1.68. The summed E-state index contributed by atoms with van der Waals surface area (Å²) in [6, 6.07) is 0.841. The summed E-state index contributed by atoms with van der Waals surface area (Å²) < 4.78 is 0. The van der Waals surface area contributed by atoms with E-state index < -0.39 is 0 Å². The molecular weight excluding hydrogens is 188 g/mol. The van der Waals surface area contributed by atoms with Crippen molar-refractivity contribution in [3.8, 4) is 0 Å². The van der Waals surface area contributed by atoms with Crippen molar-refractivity contribution in [2.75, 3.05) is 6.54 Å². The molecule has 0 saturated heterocycles. The van der Waals surface area contributed by atoms with Crippen molar-refractivity contribution >= 4 is 5.91 Å². The topological polar surface area (TPSA) is 41.1 Å². The summed E-state index contributed by atoms with van der Waals surface area (Å²) in [5.74, 6) is 0.946. The Labute approximate surface area is 93.0 Å². The minimum atomic E-state index is 0.135. The van der Waals surface area contributed by atoms with E-state index >= 15 is 0 Å². The third kappa shape index (κ3) is 4.65. The summed E-state index contributed by atoms with van der Waals surface area (Å²) in [4.78, 5) is 11.5. The summed E-state index contributed by atoms with van der Waals surface area (Å²) >= 11 is 0. The molecule has 1 amide bonds. The van der Waals surface area contributed by atoms with Crippen LogP contribution in [0.15, 0.2) is 0 Å². The van der Waals surface area contributed by atoms with E-state index in [1.54, 1.807) is 0 Å². The van der Waals surface area contributed by atoms with Crippen LogP contribution >= 0.6 is 0 Å². The van der Waals surface area contributed by atoms with Gasteiger partial charge in [0.1, 0.15) is 0 Å². The average Bonchev–Trinajstić information content (AvgIpc) is 3.06. The molecule has 1 rings (SSSR count). The van der Waals surface area contributed by atoms with Gasteiger partial charge in [-0.3, -0.25) is 4.79 Å². The Morgan fingerprint density at radius 1 is 1.33 bits per heavy atom. The van der Waals surface area contributed by atoms with E-state index in [2.05, 4.69) is 31.4 Å². The third-order valence-electron chi connectivity index (χ3n) is 3.26. The van der Waals surface area contributed by atoms with Crippen LogP contribution in [0.1, 0.15) is 46.5 Å². The van der Waals surface area contributed by atoms with E-state index in [1.807, 2.05) is 0 Å². The molecule has 3 heteroatoms. The van der Waals surface area contributed by atoms with Gasteiger partial charge in [-0.25, -0.2) is 0 Å². The van der Waals surface area contributed by atoms with Crippen molar-refractivity contribution in [2.24, 2.45) is 5.92 Å². The molecule has 1 saturated carbocycles. The summed E-state index contributed by atoms with van der Waals surface area (Å²) in [5.41, 5.74) is 0. The standard InChI is InChI=1S/C12H24N2O/c1-4-11(5-2)14-12(15)8-13-9(3)10-6-7-10/h9-11,13H,4-8H2,1-3H3,(H,14,15). The number of amides is 1. The van der Waals surface area contributed by atoms with E-state index in [-0.39, 0.29) is 5.91 Å². The van der Waals surface area contributed by atoms with Crippen molar-refractivity contribution in [3.05, 3.63) is 0 Å². The SMILES string of the molecule is CCC(CC)NC(=O)CNC(C)C1CC1. The molecule has 0 aromatic rings. The zero-order chi connectivity index (χ0) is 11.3. The van der Waals surface area contributed by atoms with E-state index in [0.29, 0.717) is 18.6 Å². The van der Waals surface area contributed by atoms with Crippen LogP contribution in [-0.4, -0.2) is 24.5 Å². The van der Waals surface area contributed by atoms with Crippen molar-refractivity contribution in [1.82, 2.24) is 10.6 Å². The highest BCUT2D eigenvalue weighted by Gasteiger charge is 2.27. The van der Waals surface area contributed by atoms with Crippen molar-refractivity contribution in [3.63, 3.8) is 0 Å². The van der Waals surface area contributed by atoms with Gasteiger partial charge in [0, 0.05) is 12.1 Å². The first-order valence-corrected chi connectivity index (χ1v) is 6.20. The first-order chi connectivity index (χ1) is 7.17. The van der Waals surface area contributed by atoms with Crippen LogP contribution in [0.3, 0.4) is 0 Å².